The molecule has 118 valence electrons. The van der Waals surface area contributed by atoms with Crippen molar-refractivity contribution in [1.29, 1.82) is 0 Å². The van der Waals surface area contributed by atoms with Gasteiger partial charge in [0.25, 0.3) is 0 Å². The van der Waals surface area contributed by atoms with E-state index in [0.717, 1.165) is 13.2 Å². The van der Waals surface area contributed by atoms with Gasteiger partial charge in [0.2, 0.25) is 0 Å². The summed E-state index contributed by atoms with van der Waals surface area (Å²) in [6.07, 6.45) is 6.37. The average molecular weight is 288 g/mol. The Kier molecular flexibility index (Phi) is 3.44. The van der Waals surface area contributed by atoms with Gasteiger partial charge in [0, 0.05) is 18.6 Å². The third-order valence-electron chi connectivity index (χ3n) is 5.97. The zero-order valence-electron chi connectivity index (χ0n) is 14.9. The van der Waals surface area contributed by atoms with E-state index in [0.29, 0.717) is 16.2 Å². The van der Waals surface area contributed by atoms with Gasteiger partial charge in [0.1, 0.15) is 0 Å². The average Bonchev–Trinajstić information content (AvgIpc) is 2.89. The Bertz CT molecular complexity index is 499. The summed E-state index contributed by atoms with van der Waals surface area (Å²) < 4.78 is 5.68. The van der Waals surface area contributed by atoms with Crippen molar-refractivity contribution in [3.63, 3.8) is 0 Å². The van der Waals surface area contributed by atoms with Gasteiger partial charge in [-0.15, -0.1) is 0 Å². The highest BCUT2D eigenvalue weighted by Crippen LogP contribution is 2.62. The molecule has 1 nitrogen and oxygen atoms in total. The van der Waals surface area contributed by atoms with E-state index < -0.39 is 0 Å². The quantitative estimate of drug-likeness (QED) is 0.558. The van der Waals surface area contributed by atoms with Gasteiger partial charge < -0.3 is 4.74 Å². The maximum atomic E-state index is 5.68. The van der Waals surface area contributed by atoms with Crippen LogP contribution in [0.3, 0.4) is 0 Å². The summed E-state index contributed by atoms with van der Waals surface area (Å²) in [5.74, 6) is 0. The van der Waals surface area contributed by atoms with Crippen molar-refractivity contribution in [3.05, 3.63) is 22.3 Å². The number of allylic oxidation sites excluding steroid dienone is 4. The van der Waals surface area contributed by atoms with Crippen LogP contribution < -0.4 is 0 Å². The van der Waals surface area contributed by atoms with E-state index in [1.165, 1.54) is 32.1 Å². The summed E-state index contributed by atoms with van der Waals surface area (Å²) in [6, 6.07) is 0. The van der Waals surface area contributed by atoms with Crippen molar-refractivity contribution in [2.24, 2.45) is 16.2 Å². The van der Waals surface area contributed by atoms with E-state index in [9.17, 15) is 0 Å². The second kappa shape index (κ2) is 4.72. The Morgan fingerprint density at radius 1 is 0.810 bits per heavy atom. The van der Waals surface area contributed by atoms with Gasteiger partial charge in [-0.05, 0) is 54.1 Å². The molecule has 21 heavy (non-hydrogen) atoms. The van der Waals surface area contributed by atoms with E-state index in [-0.39, 0.29) is 0 Å². The number of fused-ring (bicyclic) bond motifs is 2. The van der Waals surface area contributed by atoms with Crippen LogP contribution in [0.15, 0.2) is 22.3 Å². The minimum Gasteiger partial charge on any atom is -0.381 e. The summed E-state index contributed by atoms with van der Waals surface area (Å²) >= 11 is 0. The largest absolute Gasteiger partial charge is 0.381 e. The molecule has 2 fully saturated rings. The first kappa shape index (κ1) is 15.3. The highest BCUT2D eigenvalue weighted by molar-refractivity contribution is 5.56. The first-order valence-electron chi connectivity index (χ1n) is 8.70. The van der Waals surface area contributed by atoms with Crippen LogP contribution >= 0.6 is 0 Å². The molecule has 0 aromatic heterocycles. The summed E-state index contributed by atoms with van der Waals surface area (Å²) in [7, 11) is 0. The van der Waals surface area contributed by atoms with Crippen molar-refractivity contribution in [1.82, 2.24) is 0 Å². The first-order chi connectivity index (χ1) is 9.65. The molecule has 1 spiro atoms. The molecule has 0 aromatic rings. The molecule has 1 saturated carbocycles. The lowest BCUT2D eigenvalue weighted by Gasteiger charge is -2.37. The lowest BCUT2D eigenvalue weighted by atomic mass is 9.70. The molecular formula is C20H32O. The molecule has 2 aliphatic carbocycles. The smallest absolute Gasteiger partial charge is 0.0474 e. The van der Waals surface area contributed by atoms with E-state index in [1.807, 2.05) is 0 Å². The molecule has 1 heteroatoms. The molecule has 0 bridgehead atoms. The van der Waals surface area contributed by atoms with Gasteiger partial charge in [-0.3, -0.25) is 0 Å². The summed E-state index contributed by atoms with van der Waals surface area (Å²) in [4.78, 5) is 0. The molecule has 1 saturated heterocycles. The maximum absolute atomic E-state index is 5.68. The molecule has 0 atom stereocenters. The van der Waals surface area contributed by atoms with Gasteiger partial charge in [0.15, 0.2) is 0 Å². The van der Waals surface area contributed by atoms with E-state index in [4.69, 9.17) is 4.74 Å². The van der Waals surface area contributed by atoms with Gasteiger partial charge in [-0.25, -0.2) is 0 Å². The number of ether oxygens (including phenoxy) is 1. The fourth-order valence-electron chi connectivity index (χ4n) is 4.73. The van der Waals surface area contributed by atoms with E-state index in [1.54, 1.807) is 22.3 Å². The van der Waals surface area contributed by atoms with Crippen molar-refractivity contribution in [2.45, 2.75) is 73.6 Å². The van der Waals surface area contributed by atoms with Gasteiger partial charge >= 0.3 is 0 Å². The number of rotatable bonds is 0. The Morgan fingerprint density at radius 3 is 1.90 bits per heavy atom. The molecule has 1 heterocycles. The monoisotopic (exact) mass is 288 g/mol. The summed E-state index contributed by atoms with van der Waals surface area (Å²) in [5, 5.41) is 0. The van der Waals surface area contributed by atoms with Crippen LogP contribution in [0.5, 0.6) is 0 Å². The number of hydrogen-bond acceptors (Lipinski definition) is 1. The lowest BCUT2D eigenvalue weighted by molar-refractivity contribution is 0.0344. The maximum Gasteiger partial charge on any atom is 0.0474 e. The first-order valence-corrected chi connectivity index (χ1v) is 8.70. The molecule has 0 unspecified atom stereocenters. The van der Waals surface area contributed by atoms with E-state index in [2.05, 4.69) is 41.5 Å². The SMILES string of the molecule is CC(C)(C)C1=C2CCC3(CCOCC3)C2=C(C(C)(C)C)C1. The third kappa shape index (κ3) is 2.42. The van der Waals surface area contributed by atoms with Crippen LogP contribution in [-0.2, 0) is 4.74 Å². The fourth-order valence-corrected chi connectivity index (χ4v) is 4.73. The lowest BCUT2D eigenvalue weighted by Crippen LogP contribution is -2.30. The van der Waals surface area contributed by atoms with Crippen LogP contribution in [-0.4, -0.2) is 13.2 Å². The molecule has 3 rings (SSSR count). The molecule has 0 N–H and O–H groups in total. The second-order valence-electron chi connectivity index (χ2n) is 9.38. The molecule has 1 aliphatic heterocycles. The van der Waals surface area contributed by atoms with E-state index >= 15 is 0 Å². The minimum atomic E-state index is 0.295. The Balaban J connectivity index is 2.12. The molecule has 0 aromatic carbocycles. The summed E-state index contributed by atoms with van der Waals surface area (Å²) in [6.45, 7) is 16.3. The van der Waals surface area contributed by atoms with Gasteiger partial charge in [-0.2, -0.15) is 0 Å². The molecule has 0 radical (unpaired) electrons. The van der Waals surface area contributed by atoms with Crippen molar-refractivity contribution < 1.29 is 4.74 Å². The minimum absolute atomic E-state index is 0.295. The topological polar surface area (TPSA) is 9.23 Å². The van der Waals surface area contributed by atoms with Crippen molar-refractivity contribution in [3.8, 4) is 0 Å². The highest BCUT2D eigenvalue weighted by atomic mass is 16.5. The van der Waals surface area contributed by atoms with Crippen molar-refractivity contribution in [2.75, 3.05) is 13.2 Å². The predicted molar refractivity (Wildman–Crippen MR) is 89.3 cm³/mol. The van der Waals surface area contributed by atoms with Crippen molar-refractivity contribution >= 4 is 0 Å². The van der Waals surface area contributed by atoms with Crippen LogP contribution in [0.2, 0.25) is 0 Å². The van der Waals surface area contributed by atoms with Crippen LogP contribution in [0.1, 0.15) is 73.6 Å². The zero-order chi connectivity index (χ0) is 15.5. The van der Waals surface area contributed by atoms with Crippen LogP contribution in [0, 0.1) is 16.2 Å². The Morgan fingerprint density at radius 2 is 1.38 bits per heavy atom. The molecular weight excluding hydrogens is 256 g/mol. The second-order valence-corrected chi connectivity index (χ2v) is 9.38. The molecule has 3 aliphatic rings. The van der Waals surface area contributed by atoms with Crippen LogP contribution in [0.25, 0.3) is 0 Å². The Hall–Kier alpha value is -0.560. The fraction of sp³-hybridized carbons (Fsp3) is 0.800. The standard InChI is InChI=1S/C20H32O/c1-18(2,3)15-13-16(19(4,5)6)17-14(15)7-8-20(17)9-11-21-12-10-20/h7-13H2,1-6H3. The van der Waals surface area contributed by atoms with Gasteiger partial charge in [0.05, 0.1) is 0 Å². The zero-order valence-corrected chi connectivity index (χ0v) is 14.9. The summed E-state index contributed by atoms with van der Waals surface area (Å²) in [5.41, 5.74) is 8.04. The number of hydrogen-bond donors (Lipinski definition) is 0. The predicted octanol–water partition coefficient (Wildman–Crippen LogP) is 5.67. The van der Waals surface area contributed by atoms with Gasteiger partial charge in [-0.1, -0.05) is 52.7 Å². The highest BCUT2D eigenvalue weighted by Gasteiger charge is 2.49. The molecule has 0 amide bonds. The Labute approximate surface area is 130 Å². The normalized spacial score (nSPS) is 26.0. The third-order valence-corrected chi connectivity index (χ3v) is 5.97. The van der Waals surface area contributed by atoms with Crippen LogP contribution in [0.4, 0.5) is 0 Å².